The lowest BCUT2D eigenvalue weighted by atomic mass is 10.1. The Hall–Kier alpha value is -1.70. The van der Waals surface area contributed by atoms with E-state index in [2.05, 4.69) is 21.3 Å². The standard InChI is InChI=1S/C9H12O5/c1-9(2,14-8(11)13-4)6-5-7(10)12-3/h1-4H3. The number of esters is 1. The molecule has 0 aliphatic heterocycles. The largest absolute Gasteiger partial charge is 0.509 e. The molecular weight excluding hydrogens is 188 g/mol. The molecule has 0 bridgehead atoms. The predicted molar refractivity (Wildman–Crippen MR) is 47.4 cm³/mol. The van der Waals surface area contributed by atoms with Crippen LogP contribution in [0, 0.1) is 11.8 Å². The Kier molecular flexibility index (Phi) is 4.50. The average Bonchev–Trinajstić information content (AvgIpc) is 2.13. The summed E-state index contributed by atoms with van der Waals surface area (Å²) in [4.78, 5) is 21.4. The molecule has 0 atom stereocenters. The first-order valence-electron chi connectivity index (χ1n) is 3.79. The Morgan fingerprint density at radius 2 is 1.71 bits per heavy atom. The number of rotatable bonds is 1. The van der Waals surface area contributed by atoms with Gasteiger partial charge in [-0.15, -0.1) is 0 Å². The lowest BCUT2D eigenvalue weighted by Crippen LogP contribution is -2.26. The molecule has 0 aliphatic rings. The van der Waals surface area contributed by atoms with E-state index in [1.807, 2.05) is 0 Å². The molecule has 0 amide bonds. The highest BCUT2D eigenvalue weighted by atomic mass is 16.7. The number of carbonyl (C=O) groups excluding carboxylic acids is 2. The van der Waals surface area contributed by atoms with Gasteiger partial charge < -0.3 is 14.2 Å². The Bertz CT molecular complexity index is 281. The molecule has 0 radical (unpaired) electrons. The summed E-state index contributed by atoms with van der Waals surface area (Å²) >= 11 is 0. The van der Waals surface area contributed by atoms with Gasteiger partial charge in [-0.1, -0.05) is 0 Å². The topological polar surface area (TPSA) is 61.8 Å². The molecule has 0 rings (SSSR count). The molecule has 0 N–H and O–H groups in total. The lowest BCUT2D eigenvalue weighted by Gasteiger charge is -2.16. The SMILES string of the molecule is COC(=O)C#CC(C)(C)OC(=O)OC. The van der Waals surface area contributed by atoms with Gasteiger partial charge >= 0.3 is 12.1 Å². The van der Waals surface area contributed by atoms with Gasteiger partial charge in [0.2, 0.25) is 0 Å². The van der Waals surface area contributed by atoms with Gasteiger partial charge in [0.25, 0.3) is 0 Å². The highest BCUT2D eigenvalue weighted by Gasteiger charge is 2.20. The Morgan fingerprint density at radius 1 is 1.14 bits per heavy atom. The lowest BCUT2D eigenvalue weighted by molar-refractivity contribution is -0.133. The zero-order valence-electron chi connectivity index (χ0n) is 8.54. The van der Waals surface area contributed by atoms with Crippen molar-refractivity contribution in [3.05, 3.63) is 0 Å². The van der Waals surface area contributed by atoms with E-state index in [-0.39, 0.29) is 0 Å². The van der Waals surface area contributed by atoms with E-state index in [0.717, 1.165) is 0 Å². The second kappa shape index (κ2) is 5.12. The van der Waals surface area contributed by atoms with E-state index in [1.165, 1.54) is 28.1 Å². The summed E-state index contributed by atoms with van der Waals surface area (Å²) in [5.74, 6) is 3.90. The number of methoxy groups -OCH3 is 2. The van der Waals surface area contributed by atoms with Gasteiger partial charge in [0.05, 0.1) is 14.2 Å². The smallest absolute Gasteiger partial charge is 0.459 e. The van der Waals surface area contributed by atoms with Crippen molar-refractivity contribution in [1.82, 2.24) is 0 Å². The minimum atomic E-state index is -1.08. The van der Waals surface area contributed by atoms with Crippen molar-refractivity contribution in [2.45, 2.75) is 19.4 Å². The van der Waals surface area contributed by atoms with Crippen molar-refractivity contribution < 1.29 is 23.8 Å². The molecule has 0 aromatic rings. The summed E-state index contributed by atoms with van der Waals surface area (Å²) < 4.78 is 13.3. The molecule has 5 heteroatoms. The molecule has 0 aromatic carbocycles. The van der Waals surface area contributed by atoms with Crippen LogP contribution in [0.3, 0.4) is 0 Å². The molecule has 0 heterocycles. The molecule has 14 heavy (non-hydrogen) atoms. The maximum absolute atomic E-state index is 10.7. The summed E-state index contributed by atoms with van der Waals surface area (Å²) in [5.41, 5.74) is -1.08. The zero-order chi connectivity index (χ0) is 11.2. The average molecular weight is 200 g/mol. The summed E-state index contributed by atoms with van der Waals surface area (Å²) in [6, 6.07) is 0. The first kappa shape index (κ1) is 12.3. The monoisotopic (exact) mass is 200 g/mol. The highest BCUT2D eigenvalue weighted by molar-refractivity contribution is 5.88. The third-order valence-electron chi connectivity index (χ3n) is 1.16. The minimum absolute atomic E-state index is 0.688. The van der Waals surface area contributed by atoms with Crippen LogP contribution in [0.4, 0.5) is 4.79 Å². The van der Waals surface area contributed by atoms with Crippen molar-refractivity contribution in [2.24, 2.45) is 0 Å². The minimum Gasteiger partial charge on any atom is -0.459 e. The quantitative estimate of drug-likeness (QED) is 0.354. The van der Waals surface area contributed by atoms with E-state index in [1.54, 1.807) is 0 Å². The van der Waals surface area contributed by atoms with Crippen molar-refractivity contribution in [2.75, 3.05) is 14.2 Å². The zero-order valence-corrected chi connectivity index (χ0v) is 8.54. The van der Waals surface area contributed by atoms with Crippen LogP contribution >= 0.6 is 0 Å². The summed E-state index contributed by atoms with van der Waals surface area (Å²) in [5, 5.41) is 0. The van der Waals surface area contributed by atoms with Crippen LogP contribution in [0.25, 0.3) is 0 Å². The summed E-state index contributed by atoms with van der Waals surface area (Å²) in [6.45, 7) is 3.06. The van der Waals surface area contributed by atoms with Crippen molar-refractivity contribution >= 4 is 12.1 Å². The van der Waals surface area contributed by atoms with E-state index in [9.17, 15) is 9.59 Å². The molecule has 0 saturated heterocycles. The predicted octanol–water partition coefficient (Wildman–Crippen LogP) is 0.724. The second-order valence-electron chi connectivity index (χ2n) is 2.81. The summed E-state index contributed by atoms with van der Waals surface area (Å²) in [6.07, 6.45) is -0.853. The Balaban J connectivity index is 4.37. The third-order valence-corrected chi connectivity index (χ3v) is 1.16. The van der Waals surface area contributed by atoms with Crippen LogP contribution < -0.4 is 0 Å². The van der Waals surface area contributed by atoms with Gasteiger partial charge in [0.1, 0.15) is 0 Å². The van der Waals surface area contributed by atoms with E-state index in [4.69, 9.17) is 4.74 Å². The Labute approximate surface area is 82.3 Å². The van der Waals surface area contributed by atoms with Gasteiger partial charge in [0, 0.05) is 5.92 Å². The molecule has 0 unspecified atom stereocenters. The van der Waals surface area contributed by atoms with Gasteiger partial charge in [0.15, 0.2) is 5.60 Å². The van der Waals surface area contributed by atoms with Gasteiger partial charge in [-0.25, -0.2) is 9.59 Å². The fraction of sp³-hybridized carbons (Fsp3) is 0.556. The molecule has 0 aliphatic carbocycles. The maximum atomic E-state index is 10.7. The molecule has 0 aromatic heterocycles. The van der Waals surface area contributed by atoms with Crippen LogP contribution in [0.1, 0.15) is 13.8 Å². The maximum Gasteiger partial charge on any atom is 0.509 e. The fourth-order valence-corrected chi connectivity index (χ4v) is 0.528. The van der Waals surface area contributed by atoms with Crippen LogP contribution in [0.2, 0.25) is 0 Å². The second-order valence-corrected chi connectivity index (χ2v) is 2.81. The molecular formula is C9H12O5. The van der Waals surface area contributed by atoms with Gasteiger partial charge in [-0.05, 0) is 19.8 Å². The van der Waals surface area contributed by atoms with Crippen LogP contribution in [0.5, 0.6) is 0 Å². The molecule has 0 fully saturated rings. The van der Waals surface area contributed by atoms with Crippen molar-refractivity contribution in [1.29, 1.82) is 0 Å². The van der Waals surface area contributed by atoms with E-state index in [0.29, 0.717) is 0 Å². The number of hydrogen-bond acceptors (Lipinski definition) is 5. The van der Waals surface area contributed by atoms with Gasteiger partial charge in [-0.3, -0.25) is 0 Å². The normalized spacial score (nSPS) is 9.43. The van der Waals surface area contributed by atoms with E-state index >= 15 is 0 Å². The Morgan fingerprint density at radius 3 is 2.14 bits per heavy atom. The number of carbonyl (C=O) groups is 2. The number of ether oxygens (including phenoxy) is 3. The van der Waals surface area contributed by atoms with Crippen LogP contribution in [-0.2, 0) is 19.0 Å². The van der Waals surface area contributed by atoms with Crippen molar-refractivity contribution in [3.63, 3.8) is 0 Å². The molecule has 5 nitrogen and oxygen atoms in total. The molecule has 0 saturated carbocycles. The first-order valence-corrected chi connectivity index (χ1v) is 3.79. The molecule has 78 valence electrons. The van der Waals surface area contributed by atoms with E-state index < -0.39 is 17.7 Å². The fourth-order valence-electron chi connectivity index (χ4n) is 0.528. The highest BCUT2D eigenvalue weighted by Crippen LogP contribution is 2.08. The summed E-state index contributed by atoms with van der Waals surface area (Å²) in [7, 11) is 2.40. The van der Waals surface area contributed by atoms with Crippen molar-refractivity contribution in [3.8, 4) is 11.8 Å². The third kappa shape index (κ3) is 5.04. The van der Waals surface area contributed by atoms with Gasteiger partial charge in [-0.2, -0.15) is 0 Å². The van der Waals surface area contributed by atoms with Crippen LogP contribution in [0.15, 0.2) is 0 Å². The number of hydrogen-bond donors (Lipinski definition) is 0. The molecule has 0 spiro atoms. The van der Waals surface area contributed by atoms with Crippen LogP contribution in [-0.4, -0.2) is 31.9 Å². The first-order chi connectivity index (χ1) is 6.41.